The minimum atomic E-state index is -0.527. The fourth-order valence-corrected chi connectivity index (χ4v) is 0.947. The lowest BCUT2D eigenvalue weighted by Crippen LogP contribution is -2.32. The minimum absolute atomic E-state index is 0.0508. The van der Waals surface area contributed by atoms with Crippen LogP contribution >= 0.6 is 0 Å². The van der Waals surface area contributed by atoms with Crippen LogP contribution in [0.3, 0.4) is 0 Å². The van der Waals surface area contributed by atoms with Crippen LogP contribution in [-0.4, -0.2) is 50.1 Å². The summed E-state index contributed by atoms with van der Waals surface area (Å²) in [6, 6.07) is 0. The Bertz CT molecular complexity index is 173. The molecule has 0 aromatic rings. The monoisotopic (exact) mass is 219 g/mol. The van der Waals surface area contributed by atoms with E-state index < -0.39 is 6.10 Å². The zero-order valence-corrected chi connectivity index (χ0v) is 9.66. The first-order valence-electron chi connectivity index (χ1n) is 5.11. The third kappa shape index (κ3) is 9.65. The van der Waals surface area contributed by atoms with Gasteiger partial charge in [-0.1, -0.05) is 0 Å². The number of hydrogen-bond acceptors (Lipinski definition) is 4. The van der Waals surface area contributed by atoms with Gasteiger partial charge in [0, 0.05) is 13.7 Å². The number of carbonyl (C=O) groups excluding carboxylic acids is 1. The molecule has 0 fully saturated rings. The Kier molecular flexibility index (Phi) is 8.27. The lowest BCUT2D eigenvalue weighted by Gasteiger charge is -2.11. The molecule has 15 heavy (non-hydrogen) atoms. The zero-order chi connectivity index (χ0) is 11.7. The van der Waals surface area contributed by atoms with Crippen LogP contribution in [0.1, 0.15) is 20.3 Å². The molecular formula is C10H21NO4. The van der Waals surface area contributed by atoms with Crippen LogP contribution in [0.4, 0.5) is 0 Å². The van der Waals surface area contributed by atoms with Gasteiger partial charge in [0.1, 0.15) is 6.61 Å². The molecule has 0 aliphatic heterocycles. The second-order valence-electron chi connectivity index (χ2n) is 3.61. The first-order chi connectivity index (χ1) is 7.06. The van der Waals surface area contributed by atoms with Gasteiger partial charge in [-0.2, -0.15) is 0 Å². The maximum Gasteiger partial charge on any atom is 0.246 e. The summed E-state index contributed by atoms with van der Waals surface area (Å²) in [5.74, 6) is -0.159. The van der Waals surface area contributed by atoms with Crippen LogP contribution in [0.15, 0.2) is 0 Å². The summed E-state index contributed by atoms with van der Waals surface area (Å²) in [5, 5.41) is 11.9. The summed E-state index contributed by atoms with van der Waals surface area (Å²) < 4.78 is 9.86. The van der Waals surface area contributed by atoms with Crippen LogP contribution in [0, 0.1) is 0 Å². The van der Waals surface area contributed by atoms with E-state index in [2.05, 4.69) is 5.32 Å². The van der Waals surface area contributed by atoms with E-state index in [1.54, 1.807) is 0 Å². The Hall–Kier alpha value is -0.650. The van der Waals surface area contributed by atoms with Gasteiger partial charge in [-0.05, 0) is 20.3 Å². The first-order valence-corrected chi connectivity index (χ1v) is 5.11. The fourth-order valence-electron chi connectivity index (χ4n) is 0.947. The molecule has 5 heteroatoms. The number of carbonyl (C=O) groups is 1. The summed E-state index contributed by atoms with van der Waals surface area (Å²) in [6.45, 7) is 4.53. The molecule has 1 atom stereocenters. The number of aliphatic hydroxyl groups excluding tert-OH is 1. The number of ether oxygens (including phenoxy) is 2. The highest BCUT2D eigenvalue weighted by molar-refractivity contribution is 5.77. The summed E-state index contributed by atoms with van der Waals surface area (Å²) in [6.07, 6.45) is 0.0116. The molecule has 1 unspecified atom stereocenters. The number of rotatable bonds is 8. The van der Waals surface area contributed by atoms with Gasteiger partial charge < -0.3 is 19.9 Å². The molecule has 0 heterocycles. The lowest BCUT2D eigenvalue weighted by atomic mass is 10.2. The summed E-state index contributed by atoms with van der Waals surface area (Å²) >= 11 is 0. The van der Waals surface area contributed by atoms with E-state index in [1.807, 2.05) is 13.8 Å². The zero-order valence-electron chi connectivity index (χ0n) is 9.66. The second kappa shape index (κ2) is 8.64. The van der Waals surface area contributed by atoms with E-state index in [1.165, 1.54) is 7.11 Å². The van der Waals surface area contributed by atoms with Crippen LogP contribution in [-0.2, 0) is 14.3 Å². The summed E-state index contributed by atoms with van der Waals surface area (Å²) in [7, 11) is 1.53. The maximum absolute atomic E-state index is 11.1. The van der Waals surface area contributed by atoms with Gasteiger partial charge >= 0.3 is 0 Å². The average Bonchev–Trinajstić information content (AvgIpc) is 2.15. The standard InChI is InChI=1S/C10H21NO4/c1-8(2)15-7-10(13)11-5-4-9(12)6-14-3/h8-9,12H,4-7H2,1-3H3,(H,11,13). The highest BCUT2D eigenvalue weighted by atomic mass is 16.5. The van der Waals surface area contributed by atoms with E-state index in [9.17, 15) is 9.90 Å². The van der Waals surface area contributed by atoms with Crippen LogP contribution < -0.4 is 5.32 Å². The molecule has 0 aromatic heterocycles. The predicted octanol–water partition coefficient (Wildman–Crippen LogP) is -0.0750. The van der Waals surface area contributed by atoms with Crippen molar-refractivity contribution in [3.8, 4) is 0 Å². The van der Waals surface area contributed by atoms with E-state index in [0.29, 0.717) is 19.6 Å². The van der Waals surface area contributed by atoms with Gasteiger partial charge in [-0.3, -0.25) is 4.79 Å². The number of nitrogens with one attached hydrogen (secondary N) is 1. The molecule has 90 valence electrons. The molecule has 2 N–H and O–H groups in total. The molecule has 0 bridgehead atoms. The summed E-state index contributed by atoms with van der Waals surface area (Å²) in [5.41, 5.74) is 0. The molecule has 0 radical (unpaired) electrons. The van der Waals surface area contributed by atoms with E-state index in [4.69, 9.17) is 9.47 Å². The third-order valence-electron chi connectivity index (χ3n) is 1.71. The van der Waals surface area contributed by atoms with Crippen molar-refractivity contribution < 1.29 is 19.4 Å². The largest absolute Gasteiger partial charge is 0.391 e. The van der Waals surface area contributed by atoms with Crippen LogP contribution in [0.5, 0.6) is 0 Å². The highest BCUT2D eigenvalue weighted by Gasteiger charge is 2.05. The van der Waals surface area contributed by atoms with Gasteiger partial charge in [0.15, 0.2) is 0 Å². The molecule has 1 amide bonds. The molecule has 0 aromatic carbocycles. The van der Waals surface area contributed by atoms with Crippen molar-refractivity contribution in [3.63, 3.8) is 0 Å². The van der Waals surface area contributed by atoms with Crippen LogP contribution in [0.25, 0.3) is 0 Å². The average molecular weight is 219 g/mol. The number of amides is 1. The Morgan fingerprint density at radius 1 is 1.47 bits per heavy atom. The van der Waals surface area contributed by atoms with Crippen LogP contribution in [0.2, 0.25) is 0 Å². The van der Waals surface area contributed by atoms with Gasteiger partial charge in [-0.15, -0.1) is 0 Å². The van der Waals surface area contributed by atoms with Crippen molar-refractivity contribution in [3.05, 3.63) is 0 Å². The first kappa shape index (κ1) is 14.3. The fraction of sp³-hybridized carbons (Fsp3) is 0.900. The predicted molar refractivity (Wildman–Crippen MR) is 56.6 cm³/mol. The molecule has 0 aliphatic carbocycles. The third-order valence-corrected chi connectivity index (χ3v) is 1.71. The summed E-state index contributed by atoms with van der Waals surface area (Å²) in [4.78, 5) is 11.1. The maximum atomic E-state index is 11.1. The Morgan fingerprint density at radius 3 is 2.67 bits per heavy atom. The highest BCUT2D eigenvalue weighted by Crippen LogP contribution is 1.90. The number of methoxy groups -OCH3 is 1. The van der Waals surface area contributed by atoms with Gasteiger partial charge in [0.25, 0.3) is 0 Å². The minimum Gasteiger partial charge on any atom is -0.391 e. The molecule has 0 aliphatic rings. The molecule has 0 rings (SSSR count). The molecular weight excluding hydrogens is 198 g/mol. The van der Waals surface area contributed by atoms with Crippen molar-refractivity contribution in [1.29, 1.82) is 0 Å². The SMILES string of the molecule is COCC(O)CCNC(=O)COC(C)C. The smallest absolute Gasteiger partial charge is 0.246 e. The van der Waals surface area contributed by atoms with Crippen molar-refractivity contribution in [2.75, 3.05) is 26.9 Å². The van der Waals surface area contributed by atoms with Crippen molar-refractivity contribution >= 4 is 5.91 Å². The number of aliphatic hydroxyl groups is 1. The van der Waals surface area contributed by atoms with Crippen molar-refractivity contribution in [2.45, 2.75) is 32.5 Å². The van der Waals surface area contributed by atoms with Crippen molar-refractivity contribution in [1.82, 2.24) is 5.32 Å². The second-order valence-corrected chi connectivity index (χ2v) is 3.61. The Morgan fingerprint density at radius 2 is 2.13 bits per heavy atom. The van der Waals surface area contributed by atoms with E-state index in [0.717, 1.165) is 0 Å². The quantitative estimate of drug-likeness (QED) is 0.599. The normalized spacial score (nSPS) is 12.9. The molecule has 0 spiro atoms. The Labute approximate surface area is 90.8 Å². The van der Waals surface area contributed by atoms with E-state index in [-0.39, 0.29) is 18.6 Å². The molecule has 0 saturated heterocycles. The molecule has 0 saturated carbocycles. The number of hydrogen-bond donors (Lipinski definition) is 2. The Balaban J connectivity index is 3.38. The van der Waals surface area contributed by atoms with Gasteiger partial charge in [-0.25, -0.2) is 0 Å². The van der Waals surface area contributed by atoms with Gasteiger partial charge in [0.2, 0.25) is 5.91 Å². The van der Waals surface area contributed by atoms with Gasteiger partial charge in [0.05, 0.1) is 18.8 Å². The van der Waals surface area contributed by atoms with Crippen molar-refractivity contribution in [2.24, 2.45) is 0 Å². The topological polar surface area (TPSA) is 67.8 Å². The van der Waals surface area contributed by atoms with E-state index >= 15 is 0 Å². The lowest BCUT2D eigenvalue weighted by molar-refractivity contribution is -0.127. The molecule has 5 nitrogen and oxygen atoms in total.